The minimum absolute atomic E-state index is 0.216. The maximum absolute atomic E-state index is 11.8. The number of hydrogen-bond acceptors (Lipinski definition) is 9. The van der Waals surface area contributed by atoms with Crippen molar-refractivity contribution in [2.45, 2.75) is 6.54 Å². The van der Waals surface area contributed by atoms with Gasteiger partial charge in [-0.25, -0.2) is 4.98 Å². The number of aromatic nitrogens is 5. The summed E-state index contributed by atoms with van der Waals surface area (Å²) < 4.78 is 6.95. The number of methoxy groups -OCH3 is 1. The van der Waals surface area contributed by atoms with E-state index in [9.17, 15) is 14.8 Å². The summed E-state index contributed by atoms with van der Waals surface area (Å²) in [6.07, 6.45) is 0. The summed E-state index contributed by atoms with van der Waals surface area (Å²) in [5.74, 6) is 0.657. The highest BCUT2D eigenvalue weighted by Crippen LogP contribution is 2.30. The Morgan fingerprint density at radius 1 is 1.09 bits per heavy atom. The lowest BCUT2D eigenvalue weighted by molar-refractivity contribution is 0.100. The molecule has 0 saturated carbocycles. The third kappa shape index (κ3) is 4.11. The summed E-state index contributed by atoms with van der Waals surface area (Å²) in [7, 11) is -0.00380. The van der Waals surface area contributed by atoms with Gasteiger partial charge in [0.15, 0.2) is 0 Å². The zero-order chi connectivity index (χ0) is 24.5. The SMILES string of the molecule is COc1cccc2c(NCc3cccc(B(O)O)c3)nc(-n3nnc4c(C(N)=O)cccc43)nc12. The van der Waals surface area contributed by atoms with Crippen molar-refractivity contribution in [1.82, 2.24) is 25.0 Å². The normalized spacial score (nSPS) is 11.1. The number of ether oxygens (including phenoxy) is 1. The zero-order valence-electron chi connectivity index (χ0n) is 18.6. The van der Waals surface area contributed by atoms with Crippen LogP contribution >= 0.6 is 0 Å². The number of hydrogen-bond donors (Lipinski definition) is 4. The summed E-state index contributed by atoms with van der Waals surface area (Å²) >= 11 is 0. The van der Waals surface area contributed by atoms with Crippen molar-refractivity contribution < 1.29 is 19.6 Å². The fourth-order valence-corrected chi connectivity index (χ4v) is 3.85. The van der Waals surface area contributed by atoms with Gasteiger partial charge in [-0.1, -0.05) is 41.6 Å². The summed E-state index contributed by atoms with van der Waals surface area (Å²) in [6, 6.07) is 17.4. The number of para-hydroxylation sites is 1. The molecule has 0 aliphatic carbocycles. The highest BCUT2D eigenvalue weighted by Gasteiger charge is 2.18. The molecule has 3 aromatic carbocycles. The first-order valence-corrected chi connectivity index (χ1v) is 10.6. The van der Waals surface area contributed by atoms with Crippen LogP contribution in [0, 0.1) is 0 Å². The minimum Gasteiger partial charge on any atom is -0.494 e. The van der Waals surface area contributed by atoms with Crippen LogP contribution in [0.25, 0.3) is 27.9 Å². The van der Waals surface area contributed by atoms with Crippen molar-refractivity contribution >= 4 is 46.2 Å². The van der Waals surface area contributed by atoms with Gasteiger partial charge in [0.25, 0.3) is 11.9 Å². The van der Waals surface area contributed by atoms with E-state index in [2.05, 4.69) is 25.6 Å². The molecule has 0 fully saturated rings. The molecule has 0 atom stereocenters. The number of nitrogens with one attached hydrogen (secondary N) is 1. The van der Waals surface area contributed by atoms with E-state index < -0.39 is 13.0 Å². The maximum Gasteiger partial charge on any atom is 0.488 e. The number of fused-ring (bicyclic) bond motifs is 2. The topological polar surface area (TPSA) is 161 Å². The first kappa shape index (κ1) is 22.3. The lowest BCUT2D eigenvalue weighted by atomic mass is 9.80. The highest BCUT2D eigenvalue weighted by molar-refractivity contribution is 6.58. The Bertz CT molecular complexity index is 1570. The van der Waals surface area contributed by atoms with Gasteiger partial charge in [-0.05, 0) is 35.3 Å². The van der Waals surface area contributed by atoms with Gasteiger partial charge in [0, 0.05) is 11.9 Å². The quantitative estimate of drug-likeness (QED) is 0.252. The van der Waals surface area contributed by atoms with Gasteiger partial charge in [0.2, 0.25) is 0 Å². The number of rotatable bonds is 7. The van der Waals surface area contributed by atoms with E-state index in [1.165, 1.54) is 4.68 Å². The van der Waals surface area contributed by atoms with E-state index >= 15 is 0 Å². The lowest BCUT2D eigenvalue weighted by Gasteiger charge is -2.13. The number of amides is 1. The summed E-state index contributed by atoms with van der Waals surface area (Å²) in [5.41, 5.74) is 8.36. The number of primary amides is 1. The molecule has 35 heavy (non-hydrogen) atoms. The van der Waals surface area contributed by atoms with E-state index in [1.807, 2.05) is 18.2 Å². The number of nitrogens with zero attached hydrogens (tertiary/aromatic N) is 5. The molecular formula is C23H20BN7O4. The van der Waals surface area contributed by atoms with E-state index in [0.717, 1.165) is 5.56 Å². The fourth-order valence-electron chi connectivity index (χ4n) is 3.85. The molecule has 1 amide bonds. The van der Waals surface area contributed by atoms with Crippen molar-refractivity contribution in [3.05, 3.63) is 71.8 Å². The van der Waals surface area contributed by atoms with Crippen LogP contribution in [0.4, 0.5) is 5.82 Å². The van der Waals surface area contributed by atoms with Crippen molar-refractivity contribution in [3.8, 4) is 11.7 Å². The number of benzene rings is 3. The van der Waals surface area contributed by atoms with Crippen LogP contribution in [0.2, 0.25) is 0 Å². The molecule has 2 heterocycles. The lowest BCUT2D eigenvalue weighted by Crippen LogP contribution is -2.30. The van der Waals surface area contributed by atoms with Crippen molar-refractivity contribution in [2.24, 2.45) is 5.73 Å². The zero-order valence-corrected chi connectivity index (χ0v) is 18.6. The second-order valence-corrected chi connectivity index (χ2v) is 7.74. The Morgan fingerprint density at radius 2 is 1.89 bits per heavy atom. The average molecular weight is 469 g/mol. The Labute approximate surface area is 199 Å². The van der Waals surface area contributed by atoms with Crippen LogP contribution < -0.4 is 21.3 Å². The van der Waals surface area contributed by atoms with Crippen LogP contribution in [0.15, 0.2) is 60.7 Å². The third-order valence-electron chi connectivity index (χ3n) is 5.54. The monoisotopic (exact) mass is 469 g/mol. The molecule has 0 saturated heterocycles. The second-order valence-electron chi connectivity index (χ2n) is 7.74. The third-order valence-corrected chi connectivity index (χ3v) is 5.54. The van der Waals surface area contributed by atoms with Crippen molar-refractivity contribution in [1.29, 1.82) is 0 Å². The van der Waals surface area contributed by atoms with Gasteiger partial charge in [-0.3, -0.25) is 4.79 Å². The van der Waals surface area contributed by atoms with Gasteiger partial charge in [-0.15, -0.1) is 5.10 Å². The Morgan fingerprint density at radius 3 is 2.66 bits per heavy atom. The molecule has 0 aliphatic rings. The first-order valence-electron chi connectivity index (χ1n) is 10.6. The Hall–Kier alpha value is -4.55. The molecule has 0 radical (unpaired) electrons. The highest BCUT2D eigenvalue weighted by atomic mass is 16.5. The van der Waals surface area contributed by atoms with Crippen molar-refractivity contribution in [2.75, 3.05) is 12.4 Å². The Kier molecular flexibility index (Phi) is 5.73. The van der Waals surface area contributed by atoms with Crippen LogP contribution in [0.5, 0.6) is 5.75 Å². The molecule has 12 heteroatoms. The van der Waals surface area contributed by atoms with E-state index in [4.69, 9.17) is 10.5 Å². The molecule has 0 unspecified atom stereocenters. The molecule has 174 valence electrons. The molecular weight excluding hydrogens is 449 g/mol. The molecule has 5 rings (SSSR count). The van der Waals surface area contributed by atoms with Gasteiger partial charge in [0.1, 0.15) is 22.6 Å². The van der Waals surface area contributed by atoms with Gasteiger partial charge >= 0.3 is 7.12 Å². The molecule has 0 bridgehead atoms. The number of nitrogens with two attached hydrogens (primary N) is 1. The summed E-state index contributed by atoms with van der Waals surface area (Å²) in [4.78, 5) is 21.2. The first-order chi connectivity index (χ1) is 17.0. The summed E-state index contributed by atoms with van der Waals surface area (Å²) in [5, 5.41) is 31.2. The number of anilines is 1. The van der Waals surface area contributed by atoms with Crippen LogP contribution in [0.1, 0.15) is 15.9 Å². The fraction of sp³-hybridized carbons (Fsp3) is 0.0870. The molecule has 11 nitrogen and oxygen atoms in total. The standard InChI is InChI=1S/C23H20BN7O4/c1-35-18-10-4-8-16-20(18)27-23(31-17-9-3-7-15(21(25)32)19(17)29-30-31)28-22(16)26-12-13-5-2-6-14(11-13)24(33)34/h2-11,33-34H,12H2,1H3,(H2,25,32)(H,26,27,28). The van der Waals surface area contributed by atoms with Crippen molar-refractivity contribution in [3.63, 3.8) is 0 Å². The Balaban J connectivity index is 1.63. The summed E-state index contributed by atoms with van der Waals surface area (Å²) in [6.45, 7) is 0.354. The van der Waals surface area contributed by atoms with Gasteiger partial charge in [-0.2, -0.15) is 9.67 Å². The number of carbonyl (C=O) groups excluding carboxylic acids is 1. The maximum atomic E-state index is 11.8. The number of carbonyl (C=O) groups is 1. The average Bonchev–Trinajstić information content (AvgIpc) is 3.31. The van der Waals surface area contributed by atoms with Crippen LogP contribution in [-0.4, -0.2) is 55.1 Å². The molecule has 5 aromatic rings. The van der Waals surface area contributed by atoms with Gasteiger partial charge in [0.05, 0.1) is 18.2 Å². The van der Waals surface area contributed by atoms with Crippen LogP contribution in [-0.2, 0) is 6.54 Å². The molecule has 2 aromatic heterocycles. The van der Waals surface area contributed by atoms with E-state index in [1.54, 1.807) is 49.6 Å². The van der Waals surface area contributed by atoms with E-state index in [-0.39, 0.29) is 11.5 Å². The predicted molar refractivity (Wildman–Crippen MR) is 131 cm³/mol. The molecule has 0 spiro atoms. The molecule has 0 aliphatic heterocycles. The predicted octanol–water partition coefficient (Wildman–Crippen LogP) is 0.763. The van der Waals surface area contributed by atoms with E-state index in [0.29, 0.717) is 45.5 Å². The van der Waals surface area contributed by atoms with Gasteiger partial charge < -0.3 is 25.8 Å². The van der Waals surface area contributed by atoms with Crippen LogP contribution in [0.3, 0.4) is 0 Å². The minimum atomic E-state index is -1.56. The smallest absolute Gasteiger partial charge is 0.488 e. The largest absolute Gasteiger partial charge is 0.494 e. The molecule has 5 N–H and O–H groups in total. The second kappa shape index (κ2) is 9.01.